The Morgan fingerprint density at radius 3 is 3.00 bits per heavy atom. The highest BCUT2D eigenvalue weighted by Gasteiger charge is 2.13. The second-order valence-corrected chi connectivity index (χ2v) is 4.85. The zero-order valence-electron chi connectivity index (χ0n) is 9.45. The third kappa shape index (κ3) is 3.42. The Morgan fingerprint density at radius 2 is 2.32 bits per heavy atom. The lowest BCUT2D eigenvalue weighted by Crippen LogP contribution is -2.11. The van der Waals surface area contributed by atoms with Crippen LogP contribution in [0.5, 0.6) is 0 Å². The van der Waals surface area contributed by atoms with E-state index in [-0.39, 0.29) is 12.3 Å². The number of aromatic nitrogens is 4. The van der Waals surface area contributed by atoms with Gasteiger partial charge in [-0.1, -0.05) is 29.4 Å². The smallest absolute Gasteiger partial charge is 0.325 e. The van der Waals surface area contributed by atoms with E-state index in [9.17, 15) is 9.18 Å². The Labute approximate surface area is 116 Å². The summed E-state index contributed by atoms with van der Waals surface area (Å²) in [4.78, 5) is 10.6. The van der Waals surface area contributed by atoms with Crippen molar-refractivity contribution in [2.24, 2.45) is 0 Å². The fourth-order valence-electron chi connectivity index (χ4n) is 1.33. The van der Waals surface area contributed by atoms with E-state index in [0.717, 1.165) is 16.4 Å². The summed E-state index contributed by atoms with van der Waals surface area (Å²) in [5.41, 5.74) is 0.332. The molecule has 0 unspecified atom stereocenters. The zero-order valence-corrected chi connectivity index (χ0v) is 11.0. The van der Waals surface area contributed by atoms with Crippen molar-refractivity contribution in [3.8, 4) is 0 Å². The number of tetrazole rings is 1. The van der Waals surface area contributed by atoms with Crippen LogP contribution in [-0.4, -0.2) is 31.3 Å². The molecule has 0 amide bonds. The fraction of sp³-hybridized carbons (Fsp3) is 0.200. The average Bonchev–Trinajstić information content (AvgIpc) is 2.75. The van der Waals surface area contributed by atoms with Crippen molar-refractivity contribution in [3.05, 3.63) is 34.6 Å². The van der Waals surface area contributed by atoms with Gasteiger partial charge < -0.3 is 5.11 Å². The first kappa shape index (κ1) is 13.8. The van der Waals surface area contributed by atoms with Crippen LogP contribution in [0.15, 0.2) is 23.4 Å². The van der Waals surface area contributed by atoms with Gasteiger partial charge in [-0.25, -0.2) is 9.07 Å². The number of halogens is 2. The second kappa shape index (κ2) is 5.98. The summed E-state index contributed by atoms with van der Waals surface area (Å²) >= 11 is 7.00. The van der Waals surface area contributed by atoms with Gasteiger partial charge in [0.15, 0.2) is 0 Å². The number of carboxylic acid groups (broad SMARTS) is 1. The number of carboxylic acids is 1. The quantitative estimate of drug-likeness (QED) is 0.849. The molecular weight excluding hydrogens is 295 g/mol. The van der Waals surface area contributed by atoms with E-state index >= 15 is 0 Å². The molecule has 0 aliphatic carbocycles. The Morgan fingerprint density at radius 1 is 1.53 bits per heavy atom. The second-order valence-electron chi connectivity index (χ2n) is 3.50. The Bertz CT molecular complexity index is 587. The number of rotatable bonds is 5. The third-order valence-corrected chi connectivity index (χ3v) is 3.53. The van der Waals surface area contributed by atoms with Crippen LogP contribution in [0.3, 0.4) is 0 Å². The molecule has 0 fully saturated rings. The normalized spacial score (nSPS) is 10.6. The topological polar surface area (TPSA) is 80.9 Å². The number of aliphatic carboxylic acids is 1. The van der Waals surface area contributed by atoms with E-state index < -0.39 is 11.8 Å². The Kier molecular flexibility index (Phi) is 4.33. The van der Waals surface area contributed by atoms with Crippen LogP contribution < -0.4 is 0 Å². The standard InChI is InChI=1S/C10H8ClFN4O2S/c11-7-2-1-3-8(12)6(7)5-19-10-13-14-15-16(10)4-9(17)18/h1-3H,4-5H2,(H,17,18). The summed E-state index contributed by atoms with van der Waals surface area (Å²) in [5.74, 6) is -1.26. The minimum Gasteiger partial charge on any atom is -0.480 e. The van der Waals surface area contributed by atoms with Crippen molar-refractivity contribution in [3.63, 3.8) is 0 Å². The molecule has 0 radical (unpaired) electrons. The molecule has 1 aromatic carbocycles. The highest BCUT2D eigenvalue weighted by Crippen LogP contribution is 2.26. The van der Waals surface area contributed by atoms with Gasteiger partial charge in [0.05, 0.1) is 0 Å². The molecule has 1 aromatic heterocycles. The van der Waals surface area contributed by atoms with E-state index in [4.69, 9.17) is 16.7 Å². The van der Waals surface area contributed by atoms with Crippen LogP contribution in [0.1, 0.15) is 5.56 Å². The molecule has 9 heteroatoms. The molecule has 0 spiro atoms. The molecule has 0 bridgehead atoms. The van der Waals surface area contributed by atoms with E-state index in [1.54, 1.807) is 6.07 Å². The van der Waals surface area contributed by atoms with Crippen molar-refractivity contribution in [2.45, 2.75) is 17.5 Å². The first-order chi connectivity index (χ1) is 9.08. The van der Waals surface area contributed by atoms with Crippen molar-refractivity contribution in [2.75, 3.05) is 0 Å². The lowest BCUT2D eigenvalue weighted by atomic mass is 10.2. The van der Waals surface area contributed by atoms with E-state index in [2.05, 4.69) is 15.5 Å². The maximum atomic E-state index is 13.5. The van der Waals surface area contributed by atoms with Crippen molar-refractivity contribution >= 4 is 29.3 Å². The Balaban J connectivity index is 2.11. The van der Waals surface area contributed by atoms with Gasteiger partial charge in [0.2, 0.25) is 5.16 Å². The summed E-state index contributed by atoms with van der Waals surface area (Å²) in [6.07, 6.45) is 0. The van der Waals surface area contributed by atoms with Gasteiger partial charge in [0.1, 0.15) is 12.4 Å². The maximum Gasteiger partial charge on any atom is 0.325 e. The van der Waals surface area contributed by atoms with E-state index in [1.807, 2.05) is 0 Å². The van der Waals surface area contributed by atoms with E-state index in [1.165, 1.54) is 12.1 Å². The minimum atomic E-state index is -1.06. The van der Waals surface area contributed by atoms with Crippen LogP contribution in [0.4, 0.5) is 4.39 Å². The largest absolute Gasteiger partial charge is 0.480 e. The predicted octanol–water partition coefficient (Wildman–Crippen LogP) is 1.84. The number of carbonyl (C=O) groups is 1. The fourth-order valence-corrected chi connectivity index (χ4v) is 2.55. The van der Waals surface area contributed by atoms with Gasteiger partial charge in [-0.05, 0) is 22.6 Å². The van der Waals surface area contributed by atoms with Crippen molar-refractivity contribution in [1.29, 1.82) is 0 Å². The molecular formula is C10H8ClFN4O2S. The summed E-state index contributed by atoms with van der Waals surface area (Å²) in [7, 11) is 0. The number of benzene rings is 1. The molecule has 2 aromatic rings. The molecule has 1 N–H and O–H groups in total. The molecule has 1 heterocycles. The summed E-state index contributed by atoms with van der Waals surface area (Å²) in [6.45, 7) is -0.347. The lowest BCUT2D eigenvalue weighted by Gasteiger charge is -2.05. The third-order valence-electron chi connectivity index (χ3n) is 2.19. The molecule has 0 aliphatic heterocycles. The number of hydrogen-bond acceptors (Lipinski definition) is 5. The molecule has 0 atom stereocenters. The van der Waals surface area contributed by atoms with Crippen LogP contribution in [-0.2, 0) is 17.1 Å². The SMILES string of the molecule is O=C(O)Cn1nnnc1SCc1c(F)cccc1Cl. The van der Waals surface area contributed by atoms with Gasteiger partial charge in [0, 0.05) is 16.3 Å². The molecule has 0 saturated carbocycles. The van der Waals surface area contributed by atoms with Gasteiger partial charge >= 0.3 is 5.97 Å². The molecule has 6 nitrogen and oxygen atoms in total. The van der Waals surface area contributed by atoms with Gasteiger partial charge in [-0.15, -0.1) is 5.10 Å². The number of nitrogens with zero attached hydrogens (tertiary/aromatic N) is 4. The highest BCUT2D eigenvalue weighted by molar-refractivity contribution is 7.98. The van der Waals surface area contributed by atoms with Crippen LogP contribution in [0.25, 0.3) is 0 Å². The lowest BCUT2D eigenvalue weighted by molar-refractivity contribution is -0.138. The average molecular weight is 303 g/mol. The highest BCUT2D eigenvalue weighted by atomic mass is 35.5. The van der Waals surface area contributed by atoms with Crippen LogP contribution in [0.2, 0.25) is 5.02 Å². The molecule has 100 valence electrons. The first-order valence-corrected chi connectivity index (χ1v) is 6.48. The van der Waals surface area contributed by atoms with Crippen LogP contribution in [0, 0.1) is 5.82 Å². The summed E-state index contributed by atoms with van der Waals surface area (Å²) in [6, 6.07) is 4.41. The number of thioether (sulfide) groups is 1. The van der Waals surface area contributed by atoms with Gasteiger partial charge in [0.25, 0.3) is 0 Å². The van der Waals surface area contributed by atoms with Gasteiger partial charge in [-0.2, -0.15) is 0 Å². The minimum absolute atomic E-state index is 0.214. The molecule has 0 saturated heterocycles. The monoisotopic (exact) mass is 302 g/mol. The summed E-state index contributed by atoms with van der Waals surface area (Å²) < 4.78 is 14.7. The van der Waals surface area contributed by atoms with Gasteiger partial charge in [-0.3, -0.25) is 4.79 Å². The number of hydrogen-bond donors (Lipinski definition) is 1. The summed E-state index contributed by atoms with van der Waals surface area (Å²) in [5, 5.41) is 19.9. The zero-order chi connectivity index (χ0) is 13.8. The molecule has 19 heavy (non-hydrogen) atoms. The van der Waals surface area contributed by atoms with Crippen LogP contribution >= 0.6 is 23.4 Å². The molecule has 2 rings (SSSR count). The maximum absolute atomic E-state index is 13.5. The van der Waals surface area contributed by atoms with Crippen molar-refractivity contribution in [1.82, 2.24) is 20.2 Å². The first-order valence-electron chi connectivity index (χ1n) is 5.11. The predicted molar refractivity (Wildman–Crippen MR) is 66.4 cm³/mol. The molecule has 0 aliphatic rings. The van der Waals surface area contributed by atoms with Crippen molar-refractivity contribution < 1.29 is 14.3 Å². The van der Waals surface area contributed by atoms with E-state index in [0.29, 0.717) is 15.7 Å². The Hall–Kier alpha value is -1.67.